The summed E-state index contributed by atoms with van der Waals surface area (Å²) in [5.74, 6) is 0.540. The molecule has 1 aromatic carbocycles. The van der Waals surface area contributed by atoms with E-state index in [9.17, 15) is 4.79 Å². The predicted molar refractivity (Wildman–Crippen MR) is 95.0 cm³/mol. The number of aromatic nitrogens is 1. The first-order valence-corrected chi connectivity index (χ1v) is 9.08. The monoisotopic (exact) mass is 369 g/mol. The second-order valence-corrected chi connectivity index (χ2v) is 7.38. The maximum atomic E-state index is 12.3. The summed E-state index contributed by atoms with van der Waals surface area (Å²) < 4.78 is 0. The molecule has 1 saturated heterocycles. The van der Waals surface area contributed by atoms with Gasteiger partial charge >= 0.3 is 0 Å². The first-order chi connectivity index (χ1) is 11.1. The fraction of sp³-hybridized carbons (Fsp3) is 0.375. The standard InChI is InChI=1S/C16H17Cl2N3OS/c17-11-1-2-13(14(18)5-11)16-20-12(9-23-16)6-15(22)21-4-3-10(7-19)8-21/h1-2,5,9-10H,3-4,6-8,19H2. The van der Waals surface area contributed by atoms with Crippen molar-refractivity contribution in [2.24, 2.45) is 11.7 Å². The Hall–Kier alpha value is -1.14. The van der Waals surface area contributed by atoms with Gasteiger partial charge in [-0.1, -0.05) is 23.2 Å². The van der Waals surface area contributed by atoms with Gasteiger partial charge in [-0.2, -0.15) is 0 Å². The molecule has 0 radical (unpaired) electrons. The SMILES string of the molecule is NCC1CCN(C(=O)Cc2csc(-c3ccc(Cl)cc3Cl)n2)C1. The molecule has 1 aliphatic rings. The van der Waals surface area contributed by atoms with Crippen LogP contribution >= 0.6 is 34.5 Å². The van der Waals surface area contributed by atoms with Gasteiger partial charge in [0.25, 0.3) is 0 Å². The van der Waals surface area contributed by atoms with Crippen molar-refractivity contribution in [1.29, 1.82) is 0 Å². The molecular formula is C16H17Cl2N3OS. The van der Waals surface area contributed by atoms with E-state index in [0.717, 1.165) is 35.8 Å². The Kier molecular flexibility index (Phi) is 5.21. The molecule has 2 N–H and O–H groups in total. The zero-order chi connectivity index (χ0) is 16.4. The van der Waals surface area contributed by atoms with Gasteiger partial charge in [-0.15, -0.1) is 11.3 Å². The number of hydrogen-bond acceptors (Lipinski definition) is 4. The van der Waals surface area contributed by atoms with Crippen molar-refractivity contribution in [3.05, 3.63) is 39.3 Å². The first kappa shape index (κ1) is 16.7. The van der Waals surface area contributed by atoms with Crippen LogP contribution in [0.4, 0.5) is 0 Å². The second kappa shape index (κ2) is 7.18. The Labute approximate surface area is 149 Å². The lowest BCUT2D eigenvalue weighted by molar-refractivity contribution is -0.129. The third-order valence-electron chi connectivity index (χ3n) is 4.02. The van der Waals surface area contributed by atoms with Gasteiger partial charge < -0.3 is 10.6 Å². The number of rotatable bonds is 4. The van der Waals surface area contributed by atoms with Crippen LogP contribution in [-0.2, 0) is 11.2 Å². The summed E-state index contributed by atoms with van der Waals surface area (Å²) in [5, 5.41) is 3.87. The highest BCUT2D eigenvalue weighted by Crippen LogP contribution is 2.32. The van der Waals surface area contributed by atoms with Crippen molar-refractivity contribution in [3.8, 4) is 10.6 Å². The van der Waals surface area contributed by atoms with E-state index < -0.39 is 0 Å². The van der Waals surface area contributed by atoms with Gasteiger partial charge in [0.1, 0.15) is 5.01 Å². The zero-order valence-corrected chi connectivity index (χ0v) is 14.8. The number of nitrogens with zero attached hydrogens (tertiary/aromatic N) is 2. The van der Waals surface area contributed by atoms with Crippen molar-refractivity contribution in [3.63, 3.8) is 0 Å². The summed E-state index contributed by atoms with van der Waals surface area (Å²) in [7, 11) is 0. The maximum absolute atomic E-state index is 12.3. The molecule has 4 nitrogen and oxygen atoms in total. The molecule has 0 aliphatic carbocycles. The van der Waals surface area contributed by atoms with Gasteiger partial charge in [-0.05, 0) is 37.1 Å². The molecule has 1 atom stereocenters. The summed E-state index contributed by atoms with van der Waals surface area (Å²) in [4.78, 5) is 18.8. The average Bonchev–Trinajstić information content (AvgIpc) is 3.16. The molecule has 1 unspecified atom stereocenters. The lowest BCUT2D eigenvalue weighted by Gasteiger charge is -2.15. The van der Waals surface area contributed by atoms with Crippen molar-refractivity contribution in [2.75, 3.05) is 19.6 Å². The Bertz CT molecular complexity index is 719. The van der Waals surface area contributed by atoms with Crippen molar-refractivity contribution in [2.45, 2.75) is 12.8 Å². The molecule has 7 heteroatoms. The molecule has 1 aliphatic heterocycles. The molecule has 1 fully saturated rings. The summed E-state index contributed by atoms with van der Waals surface area (Å²) in [6.45, 7) is 2.19. The zero-order valence-electron chi connectivity index (χ0n) is 12.5. The van der Waals surface area contributed by atoms with Crippen molar-refractivity contribution in [1.82, 2.24) is 9.88 Å². The van der Waals surface area contributed by atoms with Crippen LogP contribution in [0.2, 0.25) is 10.0 Å². The third kappa shape index (κ3) is 3.86. The number of carbonyl (C=O) groups excluding carboxylic acids is 1. The Morgan fingerprint density at radius 3 is 2.96 bits per heavy atom. The van der Waals surface area contributed by atoms with E-state index >= 15 is 0 Å². The summed E-state index contributed by atoms with van der Waals surface area (Å²) >= 11 is 13.6. The smallest absolute Gasteiger partial charge is 0.228 e. The minimum atomic E-state index is 0.111. The number of nitrogens with two attached hydrogens (primary N) is 1. The number of carbonyl (C=O) groups is 1. The fourth-order valence-corrected chi connectivity index (χ4v) is 4.11. The molecule has 0 bridgehead atoms. The van der Waals surface area contributed by atoms with Crippen LogP contribution in [-0.4, -0.2) is 35.4 Å². The number of amides is 1. The lowest BCUT2D eigenvalue weighted by atomic mass is 10.1. The van der Waals surface area contributed by atoms with E-state index in [1.54, 1.807) is 12.1 Å². The number of benzene rings is 1. The Morgan fingerprint density at radius 1 is 1.43 bits per heavy atom. The largest absolute Gasteiger partial charge is 0.342 e. The summed E-state index contributed by atoms with van der Waals surface area (Å²) in [5.41, 5.74) is 7.28. The van der Waals surface area contributed by atoms with E-state index in [2.05, 4.69) is 4.98 Å². The van der Waals surface area contributed by atoms with Crippen LogP contribution in [0.5, 0.6) is 0 Å². The van der Waals surface area contributed by atoms with Crippen LogP contribution in [0.1, 0.15) is 12.1 Å². The molecule has 0 spiro atoms. The molecule has 2 aromatic rings. The topological polar surface area (TPSA) is 59.2 Å². The highest BCUT2D eigenvalue weighted by atomic mass is 35.5. The van der Waals surface area contributed by atoms with E-state index in [0.29, 0.717) is 28.9 Å². The average molecular weight is 370 g/mol. The maximum Gasteiger partial charge on any atom is 0.228 e. The Morgan fingerprint density at radius 2 is 2.26 bits per heavy atom. The minimum absolute atomic E-state index is 0.111. The molecule has 1 amide bonds. The first-order valence-electron chi connectivity index (χ1n) is 7.44. The van der Waals surface area contributed by atoms with E-state index in [-0.39, 0.29) is 5.91 Å². The highest BCUT2D eigenvalue weighted by Gasteiger charge is 2.25. The second-order valence-electron chi connectivity index (χ2n) is 5.68. The van der Waals surface area contributed by atoms with Crippen LogP contribution < -0.4 is 5.73 Å². The van der Waals surface area contributed by atoms with E-state index in [1.165, 1.54) is 11.3 Å². The number of thiazole rings is 1. The normalized spacial score (nSPS) is 17.7. The minimum Gasteiger partial charge on any atom is -0.342 e. The molecule has 1 aromatic heterocycles. The van der Waals surface area contributed by atoms with Gasteiger partial charge in [-0.25, -0.2) is 4.98 Å². The molecule has 122 valence electrons. The fourth-order valence-electron chi connectivity index (χ4n) is 2.69. The van der Waals surface area contributed by atoms with Crippen molar-refractivity contribution >= 4 is 40.4 Å². The van der Waals surface area contributed by atoms with Gasteiger partial charge in [0, 0.05) is 29.1 Å². The van der Waals surface area contributed by atoms with Gasteiger partial charge in [0.2, 0.25) is 5.91 Å². The number of hydrogen-bond donors (Lipinski definition) is 1. The van der Waals surface area contributed by atoms with Crippen LogP contribution in [0, 0.1) is 5.92 Å². The van der Waals surface area contributed by atoms with Crippen LogP contribution in [0.3, 0.4) is 0 Å². The molecular weight excluding hydrogens is 353 g/mol. The quantitative estimate of drug-likeness (QED) is 0.897. The third-order valence-corrected chi connectivity index (χ3v) is 5.49. The van der Waals surface area contributed by atoms with Gasteiger partial charge in [0.15, 0.2) is 0 Å². The predicted octanol–water partition coefficient (Wildman–Crippen LogP) is 3.47. The van der Waals surface area contributed by atoms with Gasteiger partial charge in [-0.3, -0.25) is 4.79 Å². The van der Waals surface area contributed by atoms with Gasteiger partial charge in [0.05, 0.1) is 17.1 Å². The van der Waals surface area contributed by atoms with Crippen LogP contribution in [0.15, 0.2) is 23.6 Å². The lowest BCUT2D eigenvalue weighted by Crippen LogP contribution is -2.31. The van der Waals surface area contributed by atoms with Crippen LogP contribution in [0.25, 0.3) is 10.6 Å². The number of likely N-dealkylation sites (tertiary alicyclic amines) is 1. The molecule has 0 saturated carbocycles. The Balaban J connectivity index is 1.69. The summed E-state index contributed by atoms with van der Waals surface area (Å²) in [6, 6.07) is 5.33. The number of halogens is 2. The molecule has 3 rings (SSSR count). The van der Waals surface area contributed by atoms with E-state index in [4.69, 9.17) is 28.9 Å². The molecule has 2 heterocycles. The van der Waals surface area contributed by atoms with E-state index in [1.807, 2.05) is 16.3 Å². The highest BCUT2D eigenvalue weighted by molar-refractivity contribution is 7.13. The molecule has 23 heavy (non-hydrogen) atoms. The van der Waals surface area contributed by atoms with Crippen molar-refractivity contribution < 1.29 is 4.79 Å². The summed E-state index contributed by atoms with van der Waals surface area (Å²) in [6.07, 6.45) is 1.31.